The SMILES string of the molecule is CC(C)CN(CCN(C)C)Cc1ccc(Cl)nc1Cl. The second kappa shape index (κ2) is 8.05. The standard InChI is InChI=1S/C14H23Cl2N3/c1-11(2)9-19(8-7-18(3)4)10-12-5-6-13(15)17-14(12)16/h5-6,11H,7-10H2,1-4H3. The molecule has 0 bridgehead atoms. The average Bonchev–Trinajstić information content (AvgIpc) is 2.28. The fourth-order valence-corrected chi connectivity index (χ4v) is 2.30. The number of halogens is 2. The zero-order valence-corrected chi connectivity index (χ0v) is 13.7. The fourth-order valence-electron chi connectivity index (χ4n) is 1.89. The number of aromatic nitrogens is 1. The van der Waals surface area contributed by atoms with Crippen molar-refractivity contribution < 1.29 is 0 Å². The molecule has 0 amide bonds. The van der Waals surface area contributed by atoms with Crippen LogP contribution in [0.1, 0.15) is 19.4 Å². The summed E-state index contributed by atoms with van der Waals surface area (Å²) in [5.74, 6) is 0.626. The van der Waals surface area contributed by atoms with E-state index in [-0.39, 0.29) is 0 Å². The van der Waals surface area contributed by atoms with Crippen LogP contribution in [0.5, 0.6) is 0 Å². The molecule has 19 heavy (non-hydrogen) atoms. The third kappa shape index (κ3) is 6.57. The molecule has 0 atom stereocenters. The normalized spacial score (nSPS) is 11.8. The number of hydrogen-bond donors (Lipinski definition) is 0. The molecule has 0 saturated carbocycles. The van der Waals surface area contributed by atoms with Gasteiger partial charge in [0, 0.05) is 31.7 Å². The first kappa shape index (κ1) is 16.7. The van der Waals surface area contributed by atoms with Crippen LogP contribution in [0.25, 0.3) is 0 Å². The number of pyridine rings is 1. The molecule has 0 saturated heterocycles. The summed E-state index contributed by atoms with van der Waals surface area (Å²) in [5, 5.41) is 0.948. The van der Waals surface area contributed by atoms with E-state index < -0.39 is 0 Å². The zero-order chi connectivity index (χ0) is 14.4. The molecule has 0 aliphatic carbocycles. The third-order valence-corrected chi connectivity index (χ3v) is 3.31. The number of likely N-dealkylation sites (N-methyl/N-ethyl adjacent to an activating group) is 1. The van der Waals surface area contributed by atoms with Crippen LogP contribution in [0, 0.1) is 5.92 Å². The summed E-state index contributed by atoms with van der Waals surface area (Å²) < 4.78 is 0. The van der Waals surface area contributed by atoms with Crippen molar-refractivity contribution in [3.8, 4) is 0 Å². The van der Waals surface area contributed by atoms with Crippen molar-refractivity contribution in [3.05, 3.63) is 28.0 Å². The van der Waals surface area contributed by atoms with Crippen molar-refractivity contribution in [1.29, 1.82) is 0 Å². The van der Waals surface area contributed by atoms with Crippen molar-refractivity contribution in [2.45, 2.75) is 20.4 Å². The molecule has 1 aromatic heterocycles. The van der Waals surface area contributed by atoms with Gasteiger partial charge in [0.2, 0.25) is 0 Å². The molecule has 1 rings (SSSR count). The Morgan fingerprint density at radius 3 is 2.37 bits per heavy atom. The van der Waals surface area contributed by atoms with Crippen molar-refractivity contribution in [2.24, 2.45) is 5.92 Å². The predicted octanol–water partition coefficient (Wildman–Crippen LogP) is 3.41. The lowest BCUT2D eigenvalue weighted by atomic mass is 10.2. The van der Waals surface area contributed by atoms with Gasteiger partial charge in [0.25, 0.3) is 0 Å². The monoisotopic (exact) mass is 303 g/mol. The van der Waals surface area contributed by atoms with Crippen LogP contribution in [0.2, 0.25) is 10.3 Å². The zero-order valence-electron chi connectivity index (χ0n) is 12.2. The van der Waals surface area contributed by atoms with Gasteiger partial charge in [-0.1, -0.05) is 43.1 Å². The largest absolute Gasteiger partial charge is 0.308 e. The van der Waals surface area contributed by atoms with Gasteiger partial charge < -0.3 is 4.90 Å². The molecule has 0 N–H and O–H groups in total. The van der Waals surface area contributed by atoms with E-state index in [0.29, 0.717) is 16.2 Å². The van der Waals surface area contributed by atoms with E-state index in [4.69, 9.17) is 23.2 Å². The molecule has 1 aromatic rings. The van der Waals surface area contributed by atoms with Gasteiger partial charge in [0.15, 0.2) is 0 Å². The Balaban J connectivity index is 2.69. The van der Waals surface area contributed by atoms with Crippen LogP contribution in [-0.2, 0) is 6.54 Å². The lowest BCUT2D eigenvalue weighted by Crippen LogP contribution is -2.34. The summed E-state index contributed by atoms with van der Waals surface area (Å²) in [6, 6.07) is 3.75. The summed E-state index contributed by atoms with van der Waals surface area (Å²) >= 11 is 12.0. The Kier molecular flexibility index (Phi) is 7.08. The smallest absolute Gasteiger partial charge is 0.135 e. The first-order valence-corrected chi connectivity index (χ1v) is 7.32. The molecule has 5 heteroatoms. The molecule has 0 aromatic carbocycles. The van der Waals surface area contributed by atoms with E-state index in [1.807, 2.05) is 6.07 Å². The molecule has 0 unspecified atom stereocenters. The van der Waals surface area contributed by atoms with Gasteiger partial charge in [-0.15, -0.1) is 0 Å². The second-order valence-corrected chi connectivity index (χ2v) is 6.26. The lowest BCUT2D eigenvalue weighted by Gasteiger charge is -2.26. The van der Waals surface area contributed by atoms with Gasteiger partial charge in [0.1, 0.15) is 10.3 Å². The summed E-state index contributed by atoms with van der Waals surface area (Å²) in [6.45, 7) is 8.37. The van der Waals surface area contributed by atoms with Crippen LogP contribution in [0.15, 0.2) is 12.1 Å². The van der Waals surface area contributed by atoms with Crippen LogP contribution in [0.3, 0.4) is 0 Å². The van der Waals surface area contributed by atoms with E-state index >= 15 is 0 Å². The highest BCUT2D eigenvalue weighted by molar-refractivity contribution is 6.32. The van der Waals surface area contributed by atoms with Gasteiger partial charge in [-0.05, 0) is 26.1 Å². The Labute approximate surface area is 126 Å². The lowest BCUT2D eigenvalue weighted by molar-refractivity contribution is 0.211. The van der Waals surface area contributed by atoms with Crippen LogP contribution < -0.4 is 0 Å². The molecule has 0 radical (unpaired) electrons. The van der Waals surface area contributed by atoms with Crippen molar-refractivity contribution in [2.75, 3.05) is 33.7 Å². The van der Waals surface area contributed by atoms with Crippen molar-refractivity contribution >= 4 is 23.2 Å². The number of rotatable bonds is 7. The fraction of sp³-hybridized carbons (Fsp3) is 0.643. The van der Waals surface area contributed by atoms with Gasteiger partial charge in [0.05, 0.1) is 0 Å². The first-order chi connectivity index (χ1) is 8.88. The van der Waals surface area contributed by atoms with Gasteiger partial charge in [-0.25, -0.2) is 4.98 Å². The molecular weight excluding hydrogens is 281 g/mol. The Morgan fingerprint density at radius 2 is 1.84 bits per heavy atom. The van der Waals surface area contributed by atoms with Gasteiger partial charge in [-0.3, -0.25) is 4.90 Å². The molecule has 0 fully saturated rings. The van der Waals surface area contributed by atoms with Crippen LogP contribution in [-0.4, -0.2) is 48.5 Å². The minimum Gasteiger partial charge on any atom is -0.308 e. The Hall–Kier alpha value is -0.350. The van der Waals surface area contributed by atoms with E-state index in [1.54, 1.807) is 6.07 Å². The maximum Gasteiger partial charge on any atom is 0.135 e. The molecule has 108 valence electrons. The van der Waals surface area contributed by atoms with Gasteiger partial charge in [-0.2, -0.15) is 0 Å². The molecule has 0 aliphatic rings. The highest BCUT2D eigenvalue weighted by Gasteiger charge is 2.11. The number of nitrogens with zero attached hydrogens (tertiary/aromatic N) is 3. The quantitative estimate of drug-likeness (QED) is 0.720. The molecule has 0 spiro atoms. The number of hydrogen-bond acceptors (Lipinski definition) is 3. The van der Waals surface area contributed by atoms with Crippen LogP contribution >= 0.6 is 23.2 Å². The Bertz CT molecular complexity index is 394. The maximum atomic E-state index is 6.14. The van der Waals surface area contributed by atoms with Crippen LogP contribution in [0.4, 0.5) is 0 Å². The maximum absolute atomic E-state index is 6.14. The summed E-state index contributed by atoms with van der Waals surface area (Å²) in [5.41, 5.74) is 1.03. The summed E-state index contributed by atoms with van der Waals surface area (Å²) in [6.07, 6.45) is 0. The summed E-state index contributed by atoms with van der Waals surface area (Å²) in [4.78, 5) is 8.69. The highest BCUT2D eigenvalue weighted by atomic mass is 35.5. The van der Waals surface area contributed by atoms with E-state index in [1.165, 1.54) is 0 Å². The second-order valence-electron chi connectivity index (χ2n) is 5.52. The van der Waals surface area contributed by atoms with Crippen molar-refractivity contribution in [1.82, 2.24) is 14.8 Å². The van der Waals surface area contributed by atoms with E-state index in [2.05, 4.69) is 42.7 Å². The van der Waals surface area contributed by atoms with Gasteiger partial charge >= 0.3 is 0 Å². The first-order valence-electron chi connectivity index (χ1n) is 6.56. The van der Waals surface area contributed by atoms with E-state index in [0.717, 1.165) is 31.7 Å². The summed E-state index contributed by atoms with van der Waals surface area (Å²) in [7, 11) is 4.18. The molecule has 0 aliphatic heterocycles. The topological polar surface area (TPSA) is 19.4 Å². The van der Waals surface area contributed by atoms with E-state index in [9.17, 15) is 0 Å². The predicted molar refractivity (Wildman–Crippen MR) is 82.9 cm³/mol. The third-order valence-electron chi connectivity index (χ3n) is 2.77. The molecule has 3 nitrogen and oxygen atoms in total. The highest BCUT2D eigenvalue weighted by Crippen LogP contribution is 2.18. The minimum atomic E-state index is 0.442. The minimum absolute atomic E-state index is 0.442. The Morgan fingerprint density at radius 1 is 1.16 bits per heavy atom. The average molecular weight is 304 g/mol. The molecule has 1 heterocycles. The molecular formula is C14H23Cl2N3. The van der Waals surface area contributed by atoms with Crippen molar-refractivity contribution in [3.63, 3.8) is 0 Å².